The van der Waals surface area contributed by atoms with Crippen LogP contribution in [0.25, 0.3) is 0 Å². The fraction of sp³-hybridized carbons (Fsp3) is 0.588. The molecule has 1 aliphatic heterocycles. The maximum Gasteiger partial charge on any atom is 0.322 e. The molecular weight excluding hydrogens is 316 g/mol. The number of rotatable bonds is 4. The molecule has 0 spiro atoms. The summed E-state index contributed by atoms with van der Waals surface area (Å²) >= 11 is 6.02. The number of amides is 2. The maximum atomic E-state index is 12.6. The first-order valence-corrected chi connectivity index (χ1v) is 8.43. The van der Waals surface area contributed by atoms with Gasteiger partial charge in [-0.1, -0.05) is 11.6 Å². The molecule has 5 nitrogen and oxygen atoms in total. The van der Waals surface area contributed by atoms with Crippen LogP contribution < -0.4 is 5.32 Å². The van der Waals surface area contributed by atoms with Gasteiger partial charge in [-0.2, -0.15) is 0 Å². The number of carbonyl (C=O) groups excluding carboxylic acids is 1. The number of nitrogens with zero attached hydrogens (tertiary/aromatic N) is 1. The number of ether oxygens (including phenoxy) is 2. The van der Waals surface area contributed by atoms with Crippen molar-refractivity contribution in [2.24, 2.45) is 5.92 Å². The van der Waals surface area contributed by atoms with Crippen LogP contribution in [0, 0.1) is 5.92 Å². The zero-order valence-corrected chi connectivity index (χ0v) is 14.3. The number of benzene rings is 1. The van der Waals surface area contributed by atoms with Crippen molar-refractivity contribution in [3.8, 4) is 0 Å². The molecule has 2 aliphatic rings. The topological polar surface area (TPSA) is 50.8 Å². The van der Waals surface area contributed by atoms with Crippen molar-refractivity contribution in [3.05, 3.63) is 28.8 Å². The molecule has 2 amide bonds. The molecule has 2 fully saturated rings. The van der Waals surface area contributed by atoms with E-state index in [-0.39, 0.29) is 18.2 Å². The molecule has 1 aromatic carbocycles. The second-order valence-electron chi connectivity index (χ2n) is 6.39. The molecule has 126 valence electrons. The quantitative estimate of drug-likeness (QED) is 0.913. The predicted molar refractivity (Wildman–Crippen MR) is 89.8 cm³/mol. The van der Waals surface area contributed by atoms with E-state index in [1.54, 1.807) is 13.2 Å². The molecule has 0 aromatic heterocycles. The van der Waals surface area contributed by atoms with E-state index in [0.717, 1.165) is 11.3 Å². The third-order valence-corrected chi connectivity index (χ3v) is 4.56. The van der Waals surface area contributed by atoms with Crippen LogP contribution in [0.3, 0.4) is 0 Å². The minimum atomic E-state index is -0.0922. The highest BCUT2D eigenvalue weighted by Crippen LogP contribution is 2.36. The molecule has 1 saturated carbocycles. The number of urea groups is 1. The lowest BCUT2D eigenvalue weighted by molar-refractivity contribution is -0.0717. The maximum absolute atomic E-state index is 12.6. The van der Waals surface area contributed by atoms with Crippen molar-refractivity contribution < 1.29 is 14.3 Å². The summed E-state index contributed by atoms with van der Waals surface area (Å²) in [5, 5.41) is 3.61. The van der Waals surface area contributed by atoms with Gasteiger partial charge in [0.25, 0.3) is 0 Å². The van der Waals surface area contributed by atoms with Crippen molar-refractivity contribution in [2.75, 3.05) is 25.5 Å². The van der Waals surface area contributed by atoms with Gasteiger partial charge in [0.2, 0.25) is 0 Å². The van der Waals surface area contributed by atoms with Crippen LogP contribution in [0.4, 0.5) is 10.5 Å². The van der Waals surface area contributed by atoms with E-state index >= 15 is 0 Å². The molecule has 1 N–H and O–H groups in total. The third kappa shape index (κ3) is 4.16. The molecular formula is C17H23ClN2O3. The molecule has 1 saturated heterocycles. The Kier molecular flexibility index (Phi) is 5.09. The summed E-state index contributed by atoms with van der Waals surface area (Å²) < 4.78 is 11.1. The van der Waals surface area contributed by atoms with Crippen LogP contribution in [0.5, 0.6) is 0 Å². The average molecular weight is 339 g/mol. The van der Waals surface area contributed by atoms with Gasteiger partial charge < -0.3 is 19.7 Å². The highest BCUT2D eigenvalue weighted by atomic mass is 35.5. The first kappa shape index (κ1) is 16.6. The zero-order valence-electron chi connectivity index (χ0n) is 13.5. The van der Waals surface area contributed by atoms with Gasteiger partial charge in [0.15, 0.2) is 0 Å². The Morgan fingerprint density at radius 1 is 1.43 bits per heavy atom. The van der Waals surface area contributed by atoms with E-state index < -0.39 is 0 Å². The number of carbonyl (C=O) groups is 1. The monoisotopic (exact) mass is 338 g/mol. The highest BCUT2D eigenvalue weighted by Gasteiger charge is 2.38. The van der Waals surface area contributed by atoms with Gasteiger partial charge in [-0.3, -0.25) is 0 Å². The molecule has 23 heavy (non-hydrogen) atoms. The summed E-state index contributed by atoms with van der Waals surface area (Å²) in [7, 11) is 1.62. The van der Waals surface area contributed by atoms with Gasteiger partial charge in [0.05, 0.1) is 18.8 Å². The van der Waals surface area contributed by atoms with E-state index in [9.17, 15) is 4.79 Å². The van der Waals surface area contributed by atoms with E-state index in [1.807, 2.05) is 24.0 Å². The number of hydrogen-bond donors (Lipinski definition) is 1. The molecule has 2 atom stereocenters. The first-order valence-electron chi connectivity index (χ1n) is 8.05. The Morgan fingerprint density at radius 2 is 2.22 bits per heavy atom. The Hall–Kier alpha value is -1.30. The Balaban J connectivity index is 1.68. The molecule has 1 heterocycles. The van der Waals surface area contributed by atoms with Crippen molar-refractivity contribution in [1.82, 2.24) is 4.90 Å². The van der Waals surface area contributed by atoms with Crippen molar-refractivity contribution in [1.29, 1.82) is 0 Å². The number of methoxy groups -OCH3 is 1. The van der Waals surface area contributed by atoms with Crippen LogP contribution in [0.1, 0.15) is 25.3 Å². The molecule has 0 bridgehead atoms. The van der Waals surface area contributed by atoms with Crippen LogP contribution in [-0.2, 0) is 16.1 Å². The van der Waals surface area contributed by atoms with Crippen molar-refractivity contribution in [2.45, 2.75) is 38.6 Å². The van der Waals surface area contributed by atoms with E-state index in [0.29, 0.717) is 30.6 Å². The second kappa shape index (κ2) is 7.07. The van der Waals surface area contributed by atoms with Gasteiger partial charge in [-0.25, -0.2) is 4.79 Å². The van der Waals surface area contributed by atoms with E-state index in [2.05, 4.69) is 5.32 Å². The Bertz CT molecular complexity index is 577. The Morgan fingerprint density at radius 3 is 2.91 bits per heavy atom. The number of halogens is 1. The normalized spacial score (nSPS) is 24.6. The zero-order chi connectivity index (χ0) is 16.4. The number of nitrogens with one attached hydrogen (secondary N) is 1. The predicted octanol–water partition coefficient (Wildman–Crippen LogP) is 3.52. The van der Waals surface area contributed by atoms with Crippen LogP contribution in [-0.4, -0.2) is 43.3 Å². The number of anilines is 1. The Labute approximate surface area is 141 Å². The third-order valence-electron chi connectivity index (χ3n) is 4.33. The molecule has 6 heteroatoms. The lowest BCUT2D eigenvalue weighted by atomic mass is 10.1. The van der Waals surface area contributed by atoms with Crippen LogP contribution >= 0.6 is 11.6 Å². The number of hydrogen-bond acceptors (Lipinski definition) is 3. The van der Waals surface area contributed by atoms with Gasteiger partial charge >= 0.3 is 6.03 Å². The standard InChI is InChI=1S/C17H23ClN2O3/c1-11-8-20(9-16(23-11)12-3-4-12)17(21)19-15-6-5-14(18)7-13(15)10-22-2/h5-7,11-12,16H,3-4,8-10H2,1-2H3,(H,19,21)/t11-,16-/m0/s1. The van der Waals surface area contributed by atoms with Gasteiger partial charge in [-0.15, -0.1) is 0 Å². The van der Waals surface area contributed by atoms with Crippen molar-refractivity contribution >= 4 is 23.3 Å². The summed E-state index contributed by atoms with van der Waals surface area (Å²) in [4.78, 5) is 14.5. The molecule has 1 aliphatic carbocycles. The lowest BCUT2D eigenvalue weighted by Crippen LogP contribution is -2.51. The lowest BCUT2D eigenvalue weighted by Gasteiger charge is -2.37. The molecule has 1 aromatic rings. The summed E-state index contributed by atoms with van der Waals surface area (Å²) in [6, 6.07) is 5.31. The fourth-order valence-electron chi connectivity index (χ4n) is 3.03. The number of morpholine rings is 1. The minimum absolute atomic E-state index is 0.0729. The van der Waals surface area contributed by atoms with Crippen LogP contribution in [0.15, 0.2) is 18.2 Å². The average Bonchev–Trinajstić information content (AvgIpc) is 3.34. The summed E-state index contributed by atoms with van der Waals surface area (Å²) in [5.41, 5.74) is 1.61. The van der Waals surface area contributed by atoms with Gasteiger partial charge in [-0.05, 0) is 43.9 Å². The second-order valence-corrected chi connectivity index (χ2v) is 6.83. The van der Waals surface area contributed by atoms with Gasteiger partial charge in [0.1, 0.15) is 0 Å². The molecule has 0 radical (unpaired) electrons. The van der Waals surface area contributed by atoms with Gasteiger partial charge in [0, 0.05) is 36.5 Å². The summed E-state index contributed by atoms with van der Waals surface area (Å²) in [6.45, 7) is 3.70. The largest absolute Gasteiger partial charge is 0.380 e. The highest BCUT2D eigenvalue weighted by molar-refractivity contribution is 6.30. The van der Waals surface area contributed by atoms with Crippen molar-refractivity contribution in [3.63, 3.8) is 0 Å². The SMILES string of the molecule is COCc1cc(Cl)ccc1NC(=O)N1C[C@@H](C2CC2)O[C@@H](C)C1. The molecule has 0 unspecified atom stereocenters. The molecule has 3 rings (SSSR count). The van der Waals surface area contributed by atoms with E-state index in [4.69, 9.17) is 21.1 Å². The summed E-state index contributed by atoms with van der Waals surface area (Å²) in [5.74, 6) is 0.618. The van der Waals surface area contributed by atoms with E-state index in [1.165, 1.54) is 12.8 Å². The minimum Gasteiger partial charge on any atom is -0.380 e. The smallest absolute Gasteiger partial charge is 0.322 e. The first-order chi connectivity index (χ1) is 11.1. The summed E-state index contributed by atoms with van der Waals surface area (Å²) in [6.07, 6.45) is 2.67. The fourth-order valence-corrected chi connectivity index (χ4v) is 3.23. The van der Waals surface area contributed by atoms with Crippen LogP contribution in [0.2, 0.25) is 5.02 Å².